The highest BCUT2D eigenvalue weighted by molar-refractivity contribution is 6.30. The largest absolute Gasteiger partial charge is 0.324 e. The van der Waals surface area contributed by atoms with Crippen LogP contribution in [0.5, 0.6) is 0 Å². The molecule has 2 aromatic carbocycles. The number of halogens is 1. The standard InChI is InChI=1S/C17H20ClN/c1-12-6-8-15(10-13(12)2)17(19)9-7-14-4-3-5-16(18)11-14/h3-6,8,10-11,17H,7,9,19H2,1-2H3. The first-order valence-corrected chi connectivity index (χ1v) is 7.01. The fraction of sp³-hybridized carbons (Fsp3) is 0.294. The Hall–Kier alpha value is -1.31. The Balaban J connectivity index is 2.01. The van der Waals surface area contributed by atoms with Crippen LogP contribution in [0.2, 0.25) is 5.02 Å². The van der Waals surface area contributed by atoms with Gasteiger partial charge in [0, 0.05) is 11.1 Å². The SMILES string of the molecule is Cc1ccc(C(N)CCc2cccc(Cl)c2)cc1C. The van der Waals surface area contributed by atoms with Crippen LogP contribution >= 0.6 is 11.6 Å². The van der Waals surface area contributed by atoms with Crippen LogP contribution in [-0.2, 0) is 6.42 Å². The summed E-state index contributed by atoms with van der Waals surface area (Å²) in [6.07, 6.45) is 1.89. The lowest BCUT2D eigenvalue weighted by Crippen LogP contribution is -2.11. The van der Waals surface area contributed by atoms with Crippen molar-refractivity contribution in [3.05, 3.63) is 69.7 Å². The van der Waals surface area contributed by atoms with Crippen LogP contribution in [0.3, 0.4) is 0 Å². The Bertz CT molecular complexity index is 563. The molecule has 100 valence electrons. The summed E-state index contributed by atoms with van der Waals surface area (Å²) in [4.78, 5) is 0. The molecule has 2 heteroatoms. The molecule has 0 radical (unpaired) electrons. The zero-order chi connectivity index (χ0) is 13.8. The second-order valence-corrected chi connectivity index (χ2v) is 5.56. The van der Waals surface area contributed by atoms with Gasteiger partial charge in [0.1, 0.15) is 0 Å². The van der Waals surface area contributed by atoms with Crippen LogP contribution in [0, 0.1) is 13.8 Å². The molecule has 0 heterocycles. The summed E-state index contributed by atoms with van der Waals surface area (Å²) in [7, 11) is 0. The highest BCUT2D eigenvalue weighted by Crippen LogP contribution is 2.20. The maximum Gasteiger partial charge on any atom is 0.0408 e. The predicted octanol–water partition coefficient (Wildman–Crippen LogP) is 4.59. The Labute approximate surface area is 120 Å². The molecule has 2 rings (SSSR count). The molecule has 0 aromatic heterocycles. The molecule has 0 aliphatic heterocycles. The summed E-state index contributed by atoms with van der Waals surface area (Å²) in [5.41, 5.74) is 11.3. The van der Waals surface area contributed by atoms with E-state index in [-0.39, 0.29) is 6.04 Å². The maximum atomic E-state index is 6.27. The van der Waals surface area contributed by atoms with Crippen LogP contribution in [0.1, 0.15) is 34.7 Å². The van der Waals surface area contributed by atoms with Crippen LogP contribution in [0.25, 0.3) is 0 Å². The van der Waals surface area contributed by atoms with Crippen molar-refractivity contribution in [2.24, 2.45) is 5.73 Å². The molecule has 0 saturated heterocycles. The highest BCUT2D eigenvalue weighted by Gasteiger charge is 2.07. The molecule has 0 bridgehead atoms. The van der Waals surface area contributed by atoms with Gasteiger partial charge in [0.25, 0.3) is 0 Å². The van der Waals surface area contributed by atoms with E-state index in [0.29, 0.717) is 0 Å². The summed E-state index contributed by atoms with van der Waals surface area (Å²) in [5, 5.41) is 0.789. The molecule has 0 fully saturated rings. The summed E-state index contributed by atoms with van der Waals surface area (Å²) >= 11 is 5.98. The van der Waals surface area contributed by atoms with Crippen molar-refractivity contribution < 1.29 is 0 Å². The lowest BCUT2D eigenvalue weighted by Gasteiger charge is -2.14. The van der Waals surface area contributed by atoms with Gasteiger partial charge in [-0.2, -0.15) is 0 Å². The summed E-state index contributed by atoms with van der Waals surface area (Å²) < 4.78 is 0. The fourth-order valence-corrected chi connectivity index (χ4v) is 2.39. The molecule has 0 spiro atoms. The Morgan fingerprint density at radius 1 is 1.05 bits per heavy atom. The minimum Gasteiger partial charge on any atom is -0.324 e. The molecule has 0 saturated carbocycles. The molecule has 0 amide bonds. The second kappa shape index (κ2) is 6.23. The first-order chi connectivity index (χ1) is 9.06. The van der Waals surface area contributed by atoms with E-state index in [9.17, 15) is 0 Å². The number of hydrogen-bond donors (Lipinski definition) is 1. The van der Waals surface area contributed by atoms with E-state index < -0.39 is 0 Å². The predicted molar refractivity (Wildman–Crippen MR) is 82.6 cm³/mol. The Kier molecular flexibility index (Phi) is 4.62. The van der Waals surface area contributed by atoms with Gasteiger partial charge in [0.05, 0.1) is 0 Å². The molecule has 1 nitrogen and oxygen atoms in total. The van der Waals surface area contributed by atoms with Gasteiger partial charge in [0.15, 0.2) is 0 Å². The molecule has 0 aliphatic rings. The minimum absolute atomic E-state index is 0.0817. The van der Waals surface area contributed by atoms with Gasteiger partial charge in [-0.3, -0.25) is 0 Å². The van der Waals surface area contributed by atoms with Crippen molar-refractivity contribution in [3.63, 3.8) is 0 Å². The summed E-state index contributed by atoms with van der Waals surface area (Å²) in [6, 6.07) is 14.5. The van der Waals surface area contributed by atoms with Crippen molar-refractivity contribution in [1.29, 1.82) is 0 Å². The van der Waals surface area contributed by atoms with E-state index in [1.807, 2.05) is 18.2 Å². The summed E-state index contributed by atoms with van der Waals surface area (Å²) in [6.45, 7) is 4.25. The number of rotatable bonds is 4. The molecule has 2 N–H and O–H groups in total. The zero-order valence-electron chi connectivity index (χ0n) is 11.5. The van der Waals surface area contributed by atoms with Crippen molar-refractivity contribution >= 4 is 11.6 Å². The van der Waals surface area contributed by atoms with Crippen molar-refractivity contribution in [2.45, 2.75) is 32.7 Å². The average Bonchev–Trinajstić information content (AvgIpc) is 2.39. The number of benzene rings is 2. The molecule has 0 aliphatic carbocycles. The van der Waals surface area contributed by atoms with E-state index in [2.05, 4.69) is 38.1 Å². The van der Waals surface area contributed by atoms with Gasteiger partial charge in [-0.25, -0.2) is 0 Å². The fourth-order valence-electron chi connectivity index (χ4n) is 2.18. The van der Waals surface area contributed by atoms with Crippen molar-refractivity contribution in [3.8, 4) is 0 Å². The lowest BCUT2D eigenvalue weighted by atomic mass is 9.97. The minimum atomic E-state index is 0.0817. The molecule has 2 aromatic rings. The van der Waals surface area contributed by atoms with Gasteiger partial charge in [-0.05, 0) is 61.1 Å². The van der Waals surface area contributed by atoms with Crippen LogP contribution in [0.4, 0.5) is 0 Å². The second-order valence-electron chi connectivity index (χ2n) is 5.12. The van der Waals surface area contributed by atoms with Crippen molar-refractivity contribution in [2.75, 3.05) is 0 Å². The lowest BCUT2D eigenvalue weighted by molar-refractivity contribution is 0.651. The third-order valence-corrected chi connectivity index (χ3v) is 3.83. The van der Waals surface area contributed by atoms with Crippen molar-refractivity contribution in [1.82, 2.24) is 0 Å². The highest BCUT2D eigenvalue weighted by atomic mass is 35.5. The van der Waals surface area contributed by atoms with Gasteiger partial charge in [-0.15, -0.1) is 0 Å². The maximum absolute atomic E-state index is 6.27. The van der Waals surface area contributed by atoms with E-state index in [1.165, 1.54) is 22.3 Å². The van der Waals surface area contributed by atoms with Crippen LogP contribution in [0.15, 0.2) is 42.5 Å². The zero-order valence-corrected chi connectivity index (χ0v) is 12.2. The smallest absolute Gasteiger partial charge is 0.0408 e. The van der Waals surface area contributed by atoms with E-state index in [4.69, 9.17) is 17.3 Å². The Morgan fingerprint density at radius 3 is 2.53 bits per heavy atom. The Morgan fingerprint density at radius 2 is 1.84 bits per heavy atom. The van der Waals surface area contributed by atoms with E-state index >= 15 is 0 Å². The van der Waals surface area contributed by atoms with Gasteiger partial charge < -0.3 is 5.73 Å². The quantitative estimate of drug-likeness (QED) is 0.866. The number of hydrogen-bond acceptors (Lipinski definition) is 1. The molecular formula is C17H20ClN. The first kappa shape index (κ1) is 14.1. The molecule has 1 atom stereocenters. The van der Waals surface area contributed by atoms with Gasteiger partial charge >= 0.3 is 0 Å². The molecular weight excluding hydrogens is 254 g/mol. The van der Waals surface area contributed by atoms with Gasteiger partial charge in [0.2, 0.25) is 0 Å². The normalized spacial score (nSPS) is 12.4. The molecule has 1 unspecified atom stereocenters. The third-order valence-electron chi connectivity index (χ3n) is 3.59. The number of aryl methyl sites for hydroxylation is 3. The number of nitrogens with two attached hydrogens (primary N) is 1. The van der Waals surface area contributed by atoms with Crippen LogP contribution < -0.4 is 5.73 Å². The van der Waals surface area contributed by atoms with E-state index in [0.717, 1.165) is 17.9 Å². The van der Waals surface area contributed by atoms with E-state index in [1.54, 1.807) is 0 Å². The topological polar surface area (TPSA) is 26.0 Å². The average molecular weight is 274 g/mol. The van der Waals surface area contributed by atoms with Gasteiger partial charge in [-0.1, -0.05) is 41.9 Å². The van der Waals surface area contributed by atoms with Crippen LogP contribution in [-0.4, -0.2) is 0 Å². The molecule has 19 heavy (non-hydrogen) atoms. The first-order valence-electron chi connectivity index (χ1n) is 6.63. The summed E-state index contributed by atoms with van der Waals surface area (Å²) in [5.74, 6) is 0. The monoisotopic (exact) mass is 273 g/mol. The third kappa shape index (κ3) is 3.82.